The van der Waals surface area contributed by atoms with E-state index in [9.17, 15) is 18.0 Å². The van der Waals surface area contributed by atoms with E-state index in [-0.39, 0.29) is 22.0 Å². The molecule has 0 aliphatic carbocycles. The number of halogens is 1. The van der Waals surface area contributed by atoms with Crippen LogP contribution in [-0.2, 0) is 21.4 Å². The Labute approximate surface area is 225 Å². The SMILES string of the molecule is COc1ccc(S(=O)(=O)N(CC(=O)Nc2cccc(-c3nc(C)cc(=O)[nH]3)c2)Cc2ccccc2)cc1Cl. The molecule has 0 bridgehead atoms. The second kappa shape index (κ2) is 11.6. The van der Waals surface area contributed by atoms with Crippen LogP contribution in [0.5, 0.6) is 5.75 Å². The zero-order valence-electron chi connectivity index (χ0n) is 20.6. The highest BCUT2D eigenvalue weighted by Gasteiger charge is 2.28. The molecule has 2 N–H and O–H groups in total. The average Bonchev–Trinajstić information content (AvgIpc) is 2.88. The molecule has 0 aliphatic rings. The van der Waals surface area contributed by atoms with Crippen molar-refractivity contribution in [3.8, 4) is 17.1 Å². The van der Waals surface area contributed by atoms with E-state index < -0.39 is 22.5 Å². The number of nitrogens with zero attached hydrogens (tertiary/aromatic N) is 2. The normalized spacial score (nSPS) is 11.4. The Morgan fingerprint density at radius 2 is 1.82 bits per heavy atom. The Bertz CT molecular complexity index is 1620. The first-order valence-electron chi connectivity index (χ1n) is 11.5. The molecule has 38 heavy (non-hydrogen) atoms. The van der Waals surface area contributed by atoms with Crippen LogP contribution in [0.2, 0.25) is 5.02 Å². The van der Waals surface area contributed by atoms with Crippen molar-refractivity contribution in [3.63, 3.8) is 0 Å². The van der Waals surface area contributed by atoms with Crippen LogP contribution in [0.4, 0.5) is 5.69 Å². The molecule has 4 aromatic rings. The molecular formula is C27H25ClN4O5S. The lowest BCUT2D eigenvalue weighted by molar-refractivity contribution is -0.116. The number of methoxy groups -OCH3 is 1. The number of H-pyrrole nitrogens is 1. The van der Waals surface area contributed by atoms with Crippen molar-refractivity contribution in [2.24, 2.45) is 0 Å². The monoisotopic (exact) mass is 552 g/mol. The fourth-order valence-electron chi connectivity index (χ4n) is 3.79. The number of ether oxygens (including phenoxy) is 1. The number of aromatic amines is 1. The lowest BCUT2D eigenvalue weighted by Crippen LogP contribution is -2.37. The van der Waals surface area contributed by atoms with Crippen LogP contribution in [-0.4, -0.2) is 42.3 Å². The van der Waals surface area contributed by atoms with Crippen molar-refractivity contribution in [2.75, 3.05) is 19.0 Å². The van der Waals surface area contributed by atoms with Gasteiger partial charge in [-0.1, -0.05) is 54.1 Å². The second-order valence-electron chi connectivity index (χ2n) is 8.42. The van der Waals surface area contributed by atoms with Crippen LogP contribution in [0, 0.1) is 6.92 Å². The predicted molar refractivity (Wildman–Crippen MR) is 146 cm³/mol. The molecule has 0 saturated heterocycles. The molecule has 11 heteroatoms. The van der Waals surface area contributed by atoms with Gasteiger partial charge in [0.05, 0.1) is 23.6 Å². The number of amides is 1. The maximum atomic E-state index is 13.6. The molecule has 0 unspecified atom stereocenters. The van der Waals surface area contributed by atoms with Crippen LogP contribution in [0.15, 0.2) is 88.6 Å². The van der Waals surface area contributed by atoms with Gasteiger partial charge in [0, 0.05) is 29.6 Å². The number of aromatic nitrogens is 2. The number of anilines is 1. The average molecular weight is 553 g/mol. The maximum Gasteiger partial charge on any atom is 0.251 e. The van der Waals surface area contributed by atoms with Gasteiger partial charge in [-0.05, 0) is 42.8 Å². The van der Waals surface area contributed by atoms with Gasteiger partial charge in [0.15, 0.2) is 0 Å². The number of aryl methyl sites for hydroxylation is 1. The molecule has 3 aromatic carbocycles. The summed E-state index contributed by atoms with van der Waals surface area (Å²) in [6, 6.07) is 21.2. The number of carbonyl (C=O) groups is 1. The Morgan fingerprint density at radius 3 is 2.50 bits per heavy atom. The van der Waals surface area contributed by atoms with Gasteiger partial charge >= 0.3 is 0 Å². The van der Waals surface area contributed by atoms with Crippen molar-refractivity contribution in [1.82, 2.24) is 14.3 Å². The number of nitrogens with one attached hydrogen (secondary N) is 2. The summed E-state index contributed by atoms with van der Waals surface area (Å²) in [5, 5.41) is 2.88. The van der Waals surface area contributed by atoms with Gasteiger partial charge in [-0.3, -0.25) is 9.59 Å². The smallest absolute Gasteiger partial charge is 0.251 e. The minimum atomic E-state index is -4.11. The van der Waals surface area contributed by atoms with Crippen LogP contribution in [0.1, 0.15) is 11.3 Å². The molecule has 0 radical (unpaired) electrons. The number of hydrogen-bond acceptors (Lipinski definition) is 6. The Morgan fingerprint density at radius 1 is 1.05 bits per heavy atom. The minimum absolute atomic E-state index is 0.0330. The molecule has 0 fully saturated rings. The number of benzene rings is 3. The van der Waals surface area contributed by atoms with Crippen LogP contribution in [0.25, 0.3) is 11.4 Å². The third-order valence-electron chi connectivity index (χ3n) is 5.57. The van der Waals surface area contributed by atoms with Gasteiger partial charge < -0.3 is 15.0 Å². The fourth-order valence-corrected chi connectivity index (χ4v) is 5.52. The quantitative estimate of drug-likeness (QED) is 0.320. The van der Waals surface area contributed by atoms with E-state index in [1.165, 1.54) is 31.4 Å². The summed E-state index contributed by atoms with van der Waals surface area (Å²) in [7, 11) is -2.68. The highest BCUT2D eigenvalue weighted by atomic mass is 35.5. The fraction of sp³-hybridized carbons (Fsp3) is 0.148. The van der Waals surface area contributed by atoms with Crippen LogP contribution in [0.3, 0.4) is 0 Å². The standard InChI is InChI=1S/C27H25ClN4O5S/c1-18-13-25(33)31-27(29-18)20-9-6-10-21(14-20)30-26(34)17-32(16-19-7-4-3-5-8-19)38(35,36)22-11-12-24(37-2)23(28)15-22/h3-15H,16-17H2,1-2H3,(H,30,34)(H,29,31,33). The van der Waals surface area contributed by atoms with E-state index in [2.05, 4.69) is 15.3 Å². The lowest BCUT2D eigenvalue weighted by atomic mass is 10.2. The van der Waals surface area contributed by atoms with E-state index >= 15 is 0 Å². The Balaban J connectivity index is 1.60. The molecule has 0 aliphatic heterocycles. The second-order valence-corrected chi connectivity index (χ2v) is 10.8. The van der Waals surface area contributed by atoms with E-state index in [0.29, 0.717) is 34.1 Å². The Hall–Kier alpha value is -3.99. The zero-order valence-corrected chi connectivity index (χ0v) is 22.2. The topological polar surface area (TPSA) is 121 Å². The minimum Gasteiger partial charge on any atom is -0.495 e. The summed E-state index contributed by atoms with van der Waals surface area (Å²) in [5.41, 5.74) is 1.98. The third kappa shape index (κ3) is 6.46. The van der Waals surface area contributed by atoms with Crippen molar-refractivity contribution >= 4 is 33.2 Å². The van der Waals surface area contributed by atoms with Crippen molar-refractivity contribution in [1.29, 1.82) is 0 Å². The molecular weight excluding hydrogens is 528 g/mol. The summed E-state index contributed by atoms with van der Waals surface area (Å²) in [4.78, 5) is 31.9. The highest BCUT2D eigenvalue weighted by molar-refractivity contribution is 7.89. The molecule has 9 nitrogen and oxygen atoms in total. The van der Waals surface area contributed by atoms with Gasteiger partial charge in [0.2, 0.25) is 15.9 Å². The first kappa shape index (κ1) is 27.1. The van der Waals surface area contributed by atoms with E-state index in [0.717, 1.165) is 4.31 Å². The molecule has 0 atom stereocenters. The largest absolute Gasteiger partial charge is 0.495 e. The Kier molecular flexibility index (Phi) is 8.26. The van der Waals surface area contributed by atoms with Gasteiger partial charge in [-0.25, -0.2) is 13.4 Å². The molecule has 0 spiro atoms. The van der Waals surface area contributed by atoms with Gasteiger partial charge in [0.1, 0.15) is 11.6 Å². The molecule has 1 aromatic heterocycles. The first-order chi connectivity index (χ1) is 18.2. The summed E-state index contributed by atoms with van der Waals surface area (Å²) >= 11 is 6.18. The predicted octanol–water partition coefficient (Wildman–Crippen LogP) is 4.24. The van der Waals surface area contributed by atoms with Crippen LogP contribution >= 0.6 is 11.6 Å². The first-order valence-corrected chi connectivity index (χ1v) is 13.3. The number of carbonyl (C=O) groups excluding carboxylic acids is 1. The maximum absolute atomic E-state index is 13.6. The van der Waals surface area contributed by atoms with Crippen LogP contribution < -0.4 is 15.6 Å². The van der Waals surface area contributed by atoms with Crippen molar-refractivity contribution in [3.05, 3.63) is 105 Å². The summed E-state index contributed by atoms with van der Waals surface area (Å²) in [6.07, 6.45) is 0. The van der Waals surface area contributed by atoms with Crippen molar-refractivity contribution in [2.45, 2.75) is 18.4 Å². The molecule has 196 valence electrons. The lowest BCUT2D eigenvalue weighted by Gasteiger charge is -2.22. The molecule has 0 saturated carbocycles. The van der Waals surface area contributed by atoms with Gasteiger partial charge in [-0.15, -0.1) is 0 Å². The van der Waals surface area contributed by atoms with E-state index in [4.69, 9.17) is 16.3 Å². The molecule has 1 heterocycles. The van der Waals surface area contributed by atoms with E-state index in [1.54, 1.807) is 55.5 Å². The third-order valence-corrected chi connectivity index (χ3v) is 7.66. The number of hydrogen-bond donors (Lipinski definition) is 2. The highest BCUT2D eigenvalue weighted by Crippen LogP contribution is 2.29. The van der Waals surface area contributed by atoms with Gasteiger partial charge in [-0.2, -0.15) is 4.31 Å². The van der Waals surface area contributed by atoms with Gasteiger partial charge in [0.25, 0.3) is 5.56 Å². The van der Waals surface area contributed by atoms with E-state index in [1.807, 2.05) is 6.07 Å². The number of sulfonamides is 1. The summed E-state index contributed by atoms with van der Waals surface area (Å²) in [6.45, 7) is 1.22. The number of rotatable bonds is 9. The summed E-state index contributed by atoms with van der Waals surface area (Å²) in [5.74, 6) is 0.144. The molecule has 1 amide bonds. The van der Waals surface area contributed by atoms with Crippen molar-refractivity contribution < 1.29 is 17.9 Å². The zero-order chi connectivity index (χ0) is 27.3. The summed E-state index contributed by atoms with van der Waals surface area (Å²) < 4.78 is 33.4. The molecule has 4 rings (SSSR count).